The molecule has 0 atom stereocenters. The summed E-state index contributed by atoms with van der Waals surface area (Å²) in [7, 11) is -4.67. The Balaban J connectivity index is 0.000000299. The number of benzene rings is 4. The van der Waals surface area contributed by atoms with Crippen LogP contribution in [-0.4, -0.2) is 55.6 Å². The second-order valence-corrected chi connectivity index (χ2v) is 11.9. The molecule has 0 fully saturated rings. The van der Waals surface area contributed by atoms with Gasteiger partial charge in [-0.05, 0) is 61.1 Å². The lowest BCUT2D eigenvalue weighted by molar-refractivity contribution is 0.381. The Kier molecular flexibility index (Phi) is 19.0. The molecule has 0 amide bonds. The fourth-order valence-corrected chi connectivity index (χ4v) is 4.73. The van der Waals surface area contributed by atoms with E-state index in [4.69, 9.17) is 40.5 Å². The number of para-hydroxylation sites is 2. The molecule has 0 heterocycles. The smallest absolute Gasteiger partial charge is 0.370 e. The van der Waals surface area contributed by atoms with E-state index in [0.717, 1.165) is 51.9 Å². The van der Waals surface area contributed by atoms with Crippen molar-refractivity contribution in [1.29, 1.82) is 0 Å². The number of hydrogen-bond donors (Lipinski definition) is 6. The molecule has 0 saturated heterocycles. The van der Waals surface area contributed by atoms with E-state index in [0.29, 0.717) is 13.1 Å². The predicted octanol–water partition coefficient (Wildman–Crippen LogP) is 4.84. The van der Waals surface area contributed by atoms with Gasteiger partial charge in [-0.15, -0.1) is 0 Å². The number of rotatable bonds is 16. The van der Waals surface area contributed by atoms with Gasteiger partial charge in [0.25, 0.3) is 0 Å². The van der Waals surface area contributed by atoms with Crippen LogP contribution in [0, 0.1) is 0 Å². The quantitative estimate of drug-likeness (QED) is 0.0408. The first-order valence-corrected chi connectivity index (χ1v) is 17.4. The van der Waals surface area contributed by atoms with Crippen LogP contribution in [0.15, 0.2) is 131 Å². The Morgan fingerprint density at radius 1 is 0.510 bits per heavy atom. The summed E-state index contributed by atoms with van der Waals surface area (Å²) >= 11 is 0. The molecule has 12 nitrogen and oxygen atoms in total. The molecule has 0 bridgehead atoms. The number of nitrogens with zero attached hydrogens (tertiary/aromatic N) is 4. The zero-order chi connectivity index (χ0) is 35.7. The van der Waals surface area contributed by atoms with Gasteiger partial charge in [-0.1, -0.05) is 97.1 Å². The predicted molar refractivity (Wildman–Crippen MR) is 202 cm³/mol. The van der Waals surface area contributed by atoms with Crippen LogP contribution in [0.1, 0.15) is 36.8 Å². The third-order valence-electron chi connectivity index (χ3n) is 6.94. The molecule has 49 heavy (non-hydrogen) atoms. The van der Waals surface area contributed by atoms with Gasteiger partial charge in [0.05, 0.1) is 0 Å². The lowest BCUT2D eigenvalue weighted by Crippen LogP contribution is -2.24. The van der Waals surface area contributed by atoms with Gasteiger partial charge in [-0.3, -0.25) is 19.1 Å². The Morgan fingerprint density at radius 2 is 0.796 bits per heavy atom. The van der Waals surface area contributed by atoms with Crippen LogP contribution in [0.5, 0.6) is 0 Å². The second kappa shape index (κ2) is 23.3. The molecule has 0 aromatic heterocycles. The monoisotopic (exact) mass is 690 g/mol. The van der Waals surface area contributed by atoms with Crippen LogP contribution in [0.2, 0.25) is 0 Å². The molecule has 264 valence electrons. The summed E-state index contributed by atoms with van der Waals surface area (Å²) in [5.74, 6) is 0.341. The van der Waals surface area contributed by atoms with Crippen molar-refractivity contribution in [3.63, 3.8) is 0 Å². The van der Waals surface area contributed by atoms with Crippen molar-refractivity contribution in [2.45, 2.75) is 38.8 Å². The highest BCUT2D eigenvalue weighted by atomic mass is 32.3. The average Bonchev–Trinajstić information content (AvgIpc) is 3.08. The highest BCUT2D eigenvalue weighted by Gasteiger charge is 2.08. The highest BCUT2D eigenvalue weighted by Crippen LogP contribution is 2.19. The molecule has 0 aliphatic heterocycles. The minimum atomic E-state index is -4.67. The Morgan fingerprint density at radius 3 is 1.08 bits per heavy atom. The molecule has 4 aromatic carbocycles. The third kappa shape index (κ3) is 20.7. The van der Waals surface area contributed by atoms with Crippen molar-refractivity contribution in [2.24, 2.45) is 32.9 Å². The Bertz CT molecular complexity index is 1470. The molecule has 10 N–H and O–H groups in total. The lowest BCUT2D eigenvalue weighted by Gasteiger charge is -2.25. The van der Waals surface area contributed by atoms with Crippen molar-refractivity contribution < 1.29 is 17.5 Å². The van der Waals surface area contributed by atoms with E-state index in [2.05, 4.69) is 117 Å². The molecule has 4 rings (SSSR count). The fourth-order valence-electron chi connectivity index (χ4n) is 4.73. The van der Waals surface area contributed by atoms with Gasteiger partial charge in [-0.2, -0.15) is 8.42 Å². The van der Waals surface area contributed by atoms with E-state index < -0.39 is 10.4 Å². The first-order chi connectivity index (χ1) is 23.5. The van der Waals surface area contributed by atoms with E-state index in [1.54, 1.807) is 0 Å². The zero-order valence-corrected chi connectivity index (χ0v) is 28.7. The molecule has 0 spiro atoms. The molecule has 0 radical (unpaired) electrons. The summed E-state index contributed by atoms with van der Waals surface area (Å²) in [6.45, 7) is 5.17. The van der Waals surface area contributed by atoms with E-state index in [1.807, 2.05) is 24.3 Å². The molecule has 0 saturated carbocycles. The minimum absolute atomic E-state index is 0.171. The van der Waals surface area contributed by atoms with Crippen LogP contribution in [-0.2, 0) is 23.5 Å². The molecular formula is C36H50N8O4S. The number of anilines is 2. The fraction of sp³-hybridized carbons (Fsp3) is 0.278. The molecule has 0 aliphatic carbocycles. The largest absolute Gasteiger partial charge is 0.394 e. The van der Waals surface area contributed by atoms with Gasteiger partial charge < -0.3 is 32.7 Å². The first-order valence-electron chi connectivity index (χ1n) is 16.0. The summed E-state index contributed by atoms with van der Waals surface area (Å²) in [5.41, 5.74) is 26.5. The van der Waals surface area contributed by atoms with Gasteiger partial charge in [-0.25, -0.2) is 0 Å². The number of guanidine groups is 2. The van der Waals surface area contributed by atoms with Crippen molar-refractivity contribution in [1.82, 2.24) is 0 Å². The summed E-state index contributed by atoms with van der Waals surface area (Å²) < 4.78 is 31.6. The topological polar surface area (TPSA) is 210 Å². The molecule has 13 heteroatoms. The lowest BCUT2D eigenvalue weighted by atomic mass is 10.1. The van der Waals surface area contributed by atoms with E-state index >= 15 is 0 Å². The van der Waals surface area contributed by atoms with Crippen molar-refractivity contribution in [3.05, 3.63) is 132 Å². The van der Waals surface area contributed by atoms with Gasteiger partial charge >= 0.3 is 10.4 Å². The maximum atomic E-state index is 8.74. The van der Waals surface area contributed by atoms with E-state index in [1.165, 1.54) is 22.5 Å². The normalized spacial score (nSPS) is 10.3. The van der Waals surface area contributed by atoms with Crippen LogP contribution in [0.3, 0.4) is 0 Å². The van der Waals surface area contributed by atoms with Crippen LogP contribution < -0.4 is 32.7 Å². The minimum Gasteiger partial charge on any atom is -0.370 e. The van der Waals surface area contributed by atoms with Gasteiger partial charge in [0.2, 0.25) is 0 Å². The number of unbranched alkanes of at least 4 members (excludes halogenated alkanes) is 2. The summed E-state index contributed by atoms with van der Waals surface area (Å²) in [6.07, 6.45) is 4.07. The number of nitrogens with two attached hydrogens (primary N) is 4. The number of aliphatic imine (C=N–C) groups is 2. The molecular weight excluding hydrogens is 641 g/mol. The van der Waals surface area contributed by atoms with Crippen molar-refractivity contribution >= 4 is 33.7 Å². The zero-order valence-electron chi connectivity index (χ0n) is 27.8. The van der Waals surface area contributed by atoms with Gasteiger partial charge in [0, 0.05) is 50.6 Å². The highest BCUT2D eigenvalue weighted by molar-refractivity contribution is 7.79. The molecule has 4 aromatic rings. The maximum absolute atomic E-state index is 8.74. The summed E-state index contributed by atoms with van der Waals surface area (Å²) in [4.78, 5) is 12.9. The summed E-state index contributed by atoms with van der Waals surface area (Å²) in [6, 6.07) is 42.1. The Labute approximate surface area is 290 Å². The maximum Gasteiger partial charge on any atom is 0.394 e. The van der Waals surface area contributed by atoms with Crippen LogP contribution in [0.25, 0.3) is 0 Å². The third-order valence-corrected chi connectivity index (χ3v) is 6.94. The van der Waals surface area contributed by atoms with Crippen molar-refractivity contribution in [2.75, 3.05) is 36.0 Å². The van der Waals surface area contributed by atoms with Crippen molar-refractivity contribution in [3.8, 4) is 0 Å². The SMILES string of the molecule is NC(N)=NCCCCN(Cc1ccccc1)c1ccccc1.NC(N)=NCCCCN(Cc1ccccc1)c1ccccc1.O=S(=O)(O)O. The van der Waals surface area contributed by atoms with Gasteiger partial charge in [0.1, 0.15) is 0 Å². The Hall–Kier alpha value is -5.11. The van der Waals surface area contributed by atoms with E-state index in [-0.39, 0.29) is 11.9 Å². The second-order valence-electron chi connectivity index (χ2n) is 11.0. The van der Waals surface area contributed by atoms with Crippen LogP contribution in [0.4, 0.5) is 11.4 Å². The average molecular weight is 691 g/mol. The van der Waals surface area contributed by atoms with Crippen LogP contribution >= 0.6 is 0 Å². The summed E-state index contributed by atoms with van der Waals surface area (Å²) in [5, 5.41) is 0. The first kappa shape index (κ1) is 40.1. The number of hydrogen-bond acceptors (Lipinski definition) is 6. The molecule has 0 unspecified atom stereocenters. The molecule has 0 aliphatic rings. The van der Waals surface area contributed by atoms with Gasteiger partial charge in [0.15, 0.2) is 11.9 Å². The standard InChI is InChI=1S/2C18H24N4.H2O4S/c2*19-18(20)21-13-7-8-14-22(17-11-5-2-6-12-17)15-16-9-3-1-4-10-16;1-5(2,3)4/h2*1-6,9-12H,7-8,13-15H2,(H4,19,20,21);(H2,1,2,3,4). The van der Waals surface area contributed by atoms with E-state index in [9.17, 15) is 0 Å².